The largest absolute Gasteiger partial charge is 0.389 e. The smallest absolute Gasteiger partial charge is 0.300 e. The summed E-state index contributed by atoms with van der Waals surface area (Å²) in [7, 11) is -2.31. The van der Waals surface area contributed by atoms with Crippen LogP contribution in [0.4, 0.5) is 5.82 Å². The van der Waals surface area contributed by atoms with E-state index in [1.54, 1.807) is 0 Å². The Morgan fingerprint density at radius 2 is 2.36 bits per heavy atom. The van der Waals surface area contributed by atoms with Crippen LogP contribution in [0.1, 0.15) is 5.56 Å². The molecule has 0 saturated heterocycles. The number of thiocarbonyl (C=S) groups is 1. The molecule has 7 nitrogen and oxygen atoms in total. The van der Waals surface area contributed by atoms with E-state index in [1.807, 2.05) is 0 Å². The third-order valence-corrected chi connectivity index (χ3v) is 2.64. The lowest BCUT2D eigenvalue weighted by molar-refractivity contribution is 0.593. The fourth-order valence-corrected chi connectivity index (χ4v) is 1.42. The monoisotopic (exact) mass is 235 g/mol. The summed E-state index contributed by atoms with van der Waals surface area (Å²) < 4.78 is 26.4. The van der Waals surface area contributed by atoms with E-state index in [-0.39, 0.29) is 10.8 Å². The van der Waals surface area contributed by atoms with Gasteiger partial charge in [0.2, 0.25) is 0 Å². The molecule has 0 saturated carbocycles. The van der Waals surface area contributed by atoms with Gasteiger partial charge in [0.25, 0.3) is 10.2 Å². The van der Waals surface area contributed by atoms with Gasteiger partial charge in [0.1, 0.15) is 10.8 Å². The number of H-pyrrole nitrogens is 1. The lowest BCUT2D eigenvalue weighted by atomic mass is 10.3. The molecule has 0 bridgehead atoms. The summed E-state index contributed by atoms with van der Waals surface area (Å²) in [6, 6.07) is 0. The minimum absolute atomic E-state index is 0.0625. The molecular weight excluding hydrogens is 226 g/mol. The van der Waals surface area contributed by atoms with Crippen LogP contribution in [-0.2, 0) is 10.2 Å². The highest BCUT2D eigenvalue weighted by Gasteiger charge is 2.13. The molecule has 78 valence electrons. The van der Waals surface area contributed by atoms with Gasteiger partial charge in [0, 0.05) is 7.05 Å². The third kappa shape index (κ3) is 2.40. The Morgan fingerprint density at radius 1 is 1.71 bits per heavy atom. The van der Waals surface area contributed by atoms with Crippen molar-refractivity contribution in [1.82, 2.24) is 14.9 Å². The molecule has 0 unspecified atom stereocenters. The molecule has 1 aromatic heterocycles. The van der Waals surface area contributed by atoms with Gasteiger partial charge < -0.3 is 5.73 Å². The van der Waals surface area contributed by atoms with Gasteiger partial charge in [0.15, 0.2) is 0 Å². The molecule has 14 heavy (non-hydrogen) atoms. The maximum absolute atomic E-state index is 11.1. The predicted molar refractivity (Wildman–Crippen MR) is 56.1 cm³/mol. The molecule has 0 aliphatic heterocycles. The zero-order valence-electron chi connectivity index (χ0n) is 7.23. The van der Waals surface area contributed by atoms with Gasteiger partial charge in [-0.2, -0.15) is 13.5 Å². The van der Waals surface area contributed by atoms with Gasteiger partial charge in [0.05, 0.1) is 11.8 Å². The van der Waals surface area contributed by atoms with Gasteiger partial charge in [-0.3, -0.25) is 9.82 Å². The van der Waals surface area contributed by atoms with Crippen LogP contribution < -0.4 is 15.2 Å². The minimum Gasteiger partial charge on any atom is -0.389 e. The van der Waals surface area contributed by atoms with Crippen LogP contribution in [-0.4, -0.2) is 30.7 Å². The summed E-state index contributed by atoms with van der Waals surface area (Å²) in [5, 5.41) is 6.04. The average molecular weight is 235 g/mol. The quantitative estimate of drug-likeness (QED) is 0.496. The van der Waals surface area contributed by atoms with E-state index in [1.165, 1.54) is 13.2 Å². The van der Waals surface area contributed by atoms with Crippen LogP contribution in [0, 0.1) is 0 Å². The number of hydrogen-bond donors (Lipinski definition) is 4. The van der Waals surface area contributed by atoms with E-state index < -0.39 is 10.2 Å². The summed E-state index contributed by atoms with van der Waals surface area (Å²) in [6.45, 7) is 0. The van der Waals surface area contributed by atoms with Gasteiger partial charge >= 0.3 is 0 Å². The normalized spacial score (nSPS) is 11.2. The van der Waals surface area contributed by atoms with Crippen LogP contribution >= 0.6 is 12.2 Å². The first-order valence-corrected chi connectivity index (χ1v) is 5.40. The van der Waals surface area contributed by atoms with Gasteiger partial charge in [-0.25, -0.2) is 4.72 Å². The van der Waals surface area contributed by atoms with E-state index in [4.69, 9.17) is 18.0 Å². The van der Waals surface area contributed by atoms with Gasteiger partial charge in [-0.1, -0.05) is 12.2 Å². The molecule has 0 aromatic carbocycles. The first-order chi connectivity index (χ1) is 6.46. The van der Waals surface area contributed by atoms with Gasteiger partial charge in [-0.15, -0.1) is 0 Å². The summed E-state index contributed by atoms with van der Waals surface area (Å²) in [6.07, 6.45) is 1.34. The van der Waals surface area contributed by atoms with Crippen LogP contribution in [0.15, 0.2) is 6.20 Å². The Balaban J connectivity index is 2.98. The van der Waals surface area contributed by atoms with Crippen molar-refractivity contribution in [2.45, 2.75) is 0 Å². The number of nitrogens with zero attached hydrogens (tertiary/aromatic N) is 1. The predicted octanol–water partition coefficient (Wildman–Crippen LogP) is -1.08. The van der Waals surface area contributed by atoms with Crippen molar-refractivity contribution in [3.63, 3.8) is 0 Å². The van der Waals surface area contributed by atoms with E-state index >= 15 is 0 Å². The minimum atomic E-state index is -3.58. The molecule has 0 spiro atoms. The van der Waals surface area contributed by atoms with E-state index in [0.29, 0.717) is 5.56 Å². The summed E-state index contributed by atoms with van der Waals surface area (Å²) in [4.78, 5) is 0.0625. The van der Waals surface area contributed by atoms with Crippen molar-refractivity contribution in [1.29, 1.82) is 0 Å². The number of anilines is 1. The second-order valence-corrected chi connectivity index (χ2v) is 4.39. The molecule has 0 amide bonds. The highest BCUT2D eigenvalue weighted by Crippen LogP contribution is 2.11. The van der Waals surface area contributed by atoms with Crippen molar-refractivity contribution >= 4 is 33.2 Å². The van der Waals surface area contributed by atoms with Crippen LogP contribution in [0.25, 0.3) is 0 Å². The van der Waals surface area contributed by atoms with Crippen LogP contribution in [0.3, 0.4) is 0 Å². The lowest BCUT2D eigenvalue weighted by Gasteiger charge is -2.05. The Morgan fingerprint density at radius 3 is 2.86 bits per heavy atom. The molecule has 1 heterocycles. The Kier molecular flexibility index (Phi) is 3.03. The third-order valence-electron chi connectivity index (χ3n) is 1.41. The molecule has 5 N–H and O–H groups in total. The molecule has 0 atom stereocenters. The topological polar surface area (TPSA) is 113 Å². The SMILES string of the molecule is CNS(=O)(=O)Nc1[nH]ncc1C(N)=S. The number of rotatable bonds is 4. The maximum atomic E-state index is 11.1. The molecule has 0 fully saturated rings. The van der Waals surface area contributed by atoms with Crippen molar-refractivity contribution in [3.05, 3.63) is 11.8 Å². The number of aromatic amines is 1. The lowest BCUT2D eigenvalue weighted by Crippen LogP contribution is -2.27. The Labute approximate surface area is 86.3 Å². The summed E-state index contributed by atoms with van der Waals surface area (Å²) in [5.41, 5.74) is 5.68. The first-order valence-electron chi connectivity index (χ1n) is 3.50. The molecule has 0 radical (unpaired) electrons. The van der Waals surface area contributed by atoms with E-state index in [2.05, 4.69) is 19.6 Å². The summed E-state index contributed by atoms with van der Waals surface area (Å²) in [5.74, 6) is 0.145. The molecule has 1 rings (SSSR count). The molecular formula is C5H9N5O2S2. The number of nitrogens with one attached hydrogen (secondary N) is 3. The van der Waals surface area contributed by atoms with E-state index in [9.17, 15) is 8.42 Å². The Hall–Kier alpha value is -1.19. The van der Waals surface area contributed by atoms with Crippen molar-refractivity contribution in [2.75, 3.05) is 11.8 Å². The number of aromatic nitrogens is 2. The Bertz CT molecular complexity index is 437. The number of hydrogen-bond acceptors (Lipinski definition) is 4. The molecule has 0 aliphatic carbocycles. The second kappa shape index (κ2) is 3.90. The highest BCUT2D eigenvalue weighted by molar-refractivity contribution is 7.90. The van der Waals surface area contributed by atoms with Crippen molar-refractivity contribution in [3.8, 4) is 0 Å². The maximum Gasteiger partial charge on any atom is 0.300 e. The van der Waals surface area contributed by atoms with Crippen LogP contribution in [0.5, 0.6) is 0 Å². The zero-order valence-corrected chi connectivity index (χ0v) is 8.87. The van der Waals surface area contributed by atoms with Crippen molar-refractivity contribution in [2.24, 2.45) is 5.73 Å². The average Bonchev–Trinajstić information content (AvgIpc) is 2.51. The number of nitrogens with two attached hydrogens (primary N) is 1. The highest BCUT2D eigenvalue weighted by atomic mass is 32.2. The van der Waals surface area contributed by atoms with Crippen LogP contribution in [0.2, 0.25) is 0 Å². The van der Waals surface area contributed by atoms with Gasteiger partial charge in [-0.05, 0) is 0 Å². The zero-order chi connectivity index (χ0) is 10.8. The first kappa shape index (κ1) is 10.9. The summed E-state index contributed by atoms with van der Waals surface area (Å²) >= 11 is 4.69. The fourth-order valence-electron chi connectivity index (χ4n) is 0.736. The molecule has 0 aliphatic rings. The van der Waals surface area contributed by atoms with E-state index in [0.717, 1.165) is 0 Å². The second-order valence-electron chi connectivity index (χ2n) is 2.33. The standard InChI is InChI=1S/C5H9N5O2S2/c1-7-14(11,12)10-5-3(4(6)13)2-8-9-5/h2,7H,1H3,(H2,6,13)(H2,8,9,10). The molecule has 9 heteroatoms. The van der Waals surface area contributed by atoms with Crippen molar-refractivity contribution < 1.29 is 8.42 Å². The molecule has 1 aromatic rings. The fraction of sp³-hybridized carbons (Fsp3) is 0.200.